The number of hydrogen-bond acceptors (Lipinski definition) is 11. The first-order chi connectivity index (χ1) is 29.8. The predicted molar refractivity (Wildman–Crippen MR) is 249 cm³/mol. The third-order valence-electron chi connectivity index (χ3n) is 12.4. The Morgan fingerprint density at radius 2 is 1.23 bits per heavy atom. The van der Waals surface area contributed by atoms with Gasteiger partial charge in [-0.3, -0.25) is 4.79 Å². The van der Waals surface area contributed by atoms with Gasteiger partial charge in [-0.2, -0.15) is 4.58 Å². The van der Waals surface area contributed by atoms with Crippen LogP contribution in [0.4, 0.5) is 11.4 Å². The number of nitrogens with one attached hydrogen (secondary N) is 2. The number of hydrogen-bond donors (Lipinski definition) is 3. The van der Waals surface area contributed by atoms with Crippen LogP contribution in [0.25, 0.3) is 0 Å². The number of carboxylic acid groups (broad SMARTS) is 1. The number of anilines is 1. The van der Waals surface area contributed by atoms with Crippen LogP contribution >= 0.6 is 0 Å². The highest BCUT2D eigenvalue weighted by Gasteiger charge is 2.45. The number of quaternary nitrogens is 2. The zero-order valence-electron chi connectivity index (χ0n) is 39.4. The summed E-state index contributed by atoms with van der Waals surface area (Å²) < 4.78 is 107. The van der Waals surface area contributed by atoms with Gasteiger partial charge in [-0.05, 0) is 117 Å². The lowest BCUT2D eigenvalue weighted by Crippen LogP contribution is -3.11. The van der Waals surface area contributed by atoms with E-state index < -0.39 is 57.8 Å². The van der Waals surface area contributed by atoms with Crippen LogP contribution in [-0.2, 0) is 46.0 Å². The summed E-state index contributed by atoms with van der Waals surface area (Å²) in [6, 6.07) is 8.28. The Hall–Kier alpha value is -3.75. The lowest BCUT2D eigenvalue weighted by molar-refractivity contribution is -0.894. The molecule has 0 saturated carbocycles. The van der Waals surface area contributed by atoms with Gasteiger partial charge in [0.2, 0.25) is 5.69 Å². The first-order valence-corrected chi connectivity index (χ1v) is 26.6. The Labute approximate surface area is 383 Å². The summed E-state index contributed by atoms with van der Waals surface area (Å²) in [5, 5.41) is 9.01. The molecule has 0 fully saturated rings. The molecule has 1 unspecified atom stereocenters. The fraction of sp³-hybridized carbons (Fsp3) is 0.565. The van der Waals surface area contributed by atoms with Crippen molar-refractivity contribution in [3.63, 3.8) is 0 Å². The number of nitrogens with zero attached hydrogens (tertiary/aromatic N) is 2. The summed E-state index contributed by atoms with van der Waals surface area (Å²) in [6.45, 7) is 26.7. The second kappa shape index (κ2) is 24.7. The molecule has 15 nitrogen and oxygen atoms in total. The van der Waals surface area contributed by atoms with E-state index in [2.05, 4.69) is 41.5 Å². The molecule has 0 aliphatic carbocycles. The first-order valence-electron chi connectivity index (χ1n) is 22.2. The molecule has 0 bridgehead atoms. The van der Waals surface area contributed by atoms with E-state index in [0.29, 0.717) is 48.2 Å². The minimum absolute atomic E-state index is 0.0133. The van der Waals surface area contributed by atoms with Crippen molar-refractivity contribution in [3.05, 3.63) is 83.6 Å². The summed E-state index contributed by atoms with van der Waals surface area (Å²) in [4.78, 5) is 15.5. The largest absolute Gasteiger partial charge is 0.748 e. The third kappa shape index (κ3) is 15.7. The van der Waals surface area contributed by atoms with E-state index in [0.717, 1.165) is 11.4 Å². The van der Waals surface area contributed by atoms with Gasteiger partial charge in [-0.15, -0.1) is 0 Å². The van der Waals surface area contributed by atoms with E-state index in [9.17, 15) is 43.7 Å². The second-order valence-corrected chi connectivity index (χ2v) is 21.1. The first kappa shape index (κ1) is 56.4. The molecule has 2 heterocycles. The van der Waals surface area contributed by atoms with Crippen molar-refractivity contribution in [2.45, 2.75) is 121 Å². The van der Waals surface area contributed by atoms with Crippen molar-refractivity contribution >= 4 is 53.4 Å². The molecule has 2 aliphatic rings. The van der Waals surface area contributed by atoms with Crippen LogP contribution < -0.4 is 14.7 Å². The number of aliphatic carboxylic acids is 1. The zero-order chi connectivity index (χ0) is 48.7. The normalized spacial score (nSPS) is 17.9. The van der Waals surface area contributed by atoms with Gasteiger partial charge < -0.3 is 33.5 Å². The highest BCUT2D eigenvalue weighted by molar-refractivity contribution is 7.86. The summed E-state index contributed by atoms with van der Waals surface area (Å²) in [5.41, 5.74) is 2.53. The van der Waals surface area contributed by atoms with Gasteiger partial charge in [0.05, 0.1) is 64.6 Å². The van der Waals surface area contributed by atoms with Gasteiger partial charge in [0, 0.05) is 60.1 Å². The molecule has 360 valence electrons. The van der Waals surface area contributed by atoms with Gasteiger partial charge in [0.15, 0.2) is 5.71 Å². The monoisotopic (exact) mass is 952 g/mol. The number of likely N-dealkylation sites (N-methyl/N-ethyl adjacent to an activating group) is 1. The molecule has 0 radical (unpaired) electrons. The summed E-state index contributed by atoms with van der Waals surface area (Å²) in [6.07, 6.45) is 11.3. The Morgan fingerprint density at radius 3 is 1.70 bits per heavy atom. The van der Waals surface area contributed by atoms with E-state index in [-0.39, 0.29) is 24.3 Å². The van der Waals surface area contributed by atoms with Gasteiger partial charge in [-0.1, -0.05) is 31.1 Å². The minimum atomic E-state index is -4.74. The van der Waals surface area contributed by atoms with Crippen LogP contribution in [0.1, 0.15) is 112 Å². The van der Waals surface area contributed by atoms with Gasteiger partial charge in [0.25, 0.3) is 0 Å². The Balaban J connectivity index is 0.000000866. The van der Waals surface area contributed by atoms with Crippen molar-refractivity contribution in [1.29, 1.82) is 0 Å². The molecule has 1 atom stereocenters. The molecule has 0 amide bonds. The molecule has 2 aromatic rings. The number of benzene rings is 2. The zero-order valence-corrected chi connectivity index (χ0v) is 41.8. The van der Waals surface area contributed by atoms with Gasteiger partial charge in [-0.25, -0.2) is 25.3 Å². The summed E-state index contributed by atoms with van der Waals surface area (Å²) in [5.74, 6) is -1.47. The van der Waals surface area contributed by atoms with Crippen molar-refractivity contribution in [1.82, 2.24) is 0 Å². The highest BCUT2D eigenvalue weighted by atomic mass is 32.2. The topological polar surface area (TPSA) is 224 Å². The number of carboxylic acids is 1. The number of fused-ring (bicyclic) bond motifs is 2. The van der Waals surface area contributed by atoms with E-state index in [1.54, 1.807) is 44.7 Å². The predicted octanol–water partition coefficient (Wildman–Crippen LogP) is 4.11. The molecule has 0 saturated heterocycles. The molecule has 18 heteroatoms. The van der Waals surface area contributed by atoms with Crippen LogP contribution in [-0.4, -0.2) is 119 Å². The lowest BCUT2D eigenvalue weighted by atomic mass is 9.77. The maximum Gasteiger partial charge on any atom is 0.303 e. The van der Waals surface area contributed by atoms with Crippen molar-refractivity contribution in [3.8, 4) is 0 Å². The fourth-order valence-corrected chi connectivity index (χ4v) is 9.82. The number of rotatable bonds is 21. The van der Waals surface area contributed by atoms with Gasteiger partial charge >= 0.3 is 5.97 Å². The van der Waals surface area contributed by atoms with Crippen LogP contribution in [0.5, 0.6) is 0 Å². The van der Waals surface area contributed by atoms with Crippen molar-refractivity contribution < 1.29 is 63.2 Å². The van der Waals surface area contributed by atoms with Crippen LogP contribution in [0.15, 0.2) is 82.3 Å². The summed E-state index contributed by atoms with van der Waals surface area (Å²) in [7, 11) is -12.1. The van der Waals surface area contributed by atoms with Crippen molar-refractivity contribution in [2.24, 2.45) is 0 Å². The Kier molecular flexibility index (Phi) is 21.7. The molecule has 2 aromatic carbocycles. The highest BCUT2D eigenvalue weighted by Crippen LogP contribution is 2.50. The lowest BCUT2D eigenvalue weighted by Gasteiger charge is -2.29. The standard InChI is InChI=1S/C34H42N2O11S3.2C6H15N/c1-33(2)26-22-24(49(42,43)44)16-18-29(26)36(20-11-21-48(39,40)41)30(33)12-7-5-8-13-31-34(3,19-10-6-9-14-32(37)38)27-23-25(50(45,46)47)15-17-28(27)35(31)4;2*1-4-7(5-2)6-3/h5,7-8,12-13,15-18,22-23H,6,9-11,14,19-21H2,1-4H3,(H3-,37,38,39,40,41,42,43,44,45,46,47);2*4-6H2,1-3H3. The van der Waals surface area contributed by atoms with E-state index in [4.69, 9.17) is 5.11 Å². The average molecular weight is 953 g/mol. The van der Waals surface area contributed by atoms with Gasteiger partial charge in [0.1, 0.15) is 26.8 Å². The maximum absolute atomic E-state index is 11.9. The van der Waals surface area contributed by atoms with Crippen LogP contribution in [0.3, 0.4) is 0 Å². The van der Waals surface area contributed by atoms with Crippen LogP contribution in [0, 0.1) is 0 Å². The molecule has 0 spiro atoms. The smallest absolute Gasteiger partial charge is 0.303 e. The molecular weight excluding hydrogens is 881 g/mol. The van der Waals surface area contributed by atoms with E-state index in [1.807, 2.05) is 38.8 Å². The minimum Gasteiger partial charge on any atom is -0.748 e. The Bertz CT molecular complexity index is 2330. The molecule has 4 rings (SSSR count). The molecule has 64 heavy (non-hydrogen) atoms. The number of unbranched alkanes of at least 4 members (excludes halogenated alkanes) is 2. The fourth-order valence-electron chi connectivity index (χ4n) is 8.34. The quantitative estimate of drug-likeness (QED) is 0.0697. The summed E-state index contributed by atoms with van der Waals surface area (Å²) >= 11 is 0. The van der Waals surface area contributed by atoms with Crippen molar-refractivity contribution in [2.75, 3.05) is 63.5 Å². The molecular formula is C46H72N4O11S3. The molecule has 0 aromatic heterocycles. The van der Waals surface area contributed by atoms with E-state index >= 15 is 0 Å². The number of allylic oxidation sites excluding steroid dienone is 6. The number of carbonyl (C=O) groups is 1. The van der Waals surface area contributed by atoms with Crippen LogP contribution in [0.2, 0.25) is 0 Å². The SMILES string of the molecule is CC[NH+](CC)CC.CC[NH+](CC)CC.CN1\C(=C/C=C/C=C/C2=[N+](CCCS(=O)(=O)[O-])c3ccc(S(=O)(=O)[O-])cc3C2(C)C)C(C)(CCCCCC(=O)O)c2cc(S(=O)(=O)[O-])ccc21. The average Bonchev–Trinajstić information content (AvgIpc) is 3.55. The maximum atomic E-state index is 11.9. The Morgan fingerprint density at radius 1 is 0.719 bits per heavy atom. The molecule has 3 N–H and O–H groups in total. The third-order valence-corrected chi connectivity index (χ3v) is 14.8. The second-order valence-electron chi connectivity index (χ2n) is 16.8. The molecule has 2 aliphatic heterocycles. The van der Waals surface area contributed by atoms with E-state index in [1.165, 1.54) is 69.6 Å².